The van der Waals surface area contributed by atoms with Crippen molar-refractivity contribution >= 4 is 21.4 Å². The fourth-order valence-electron chi connectivity index (χ4n) is 1.20. The van der Waals surface area contributed by atoms with Crippen LogP contribution in [0.25, 0.3) is 0 Å². The predicted octanol–water partition coefficient (Wildman–Crippen LogP) is 1.52. The Morgan fingerprint density at radius 1 is 1.18 bits per heavy atom. The molecule has 0 heterocycles. The summed E-state index contributed by atoms with van der Waals surface area (Å²) < 4.78 is 28.1. The molecule has 0 bridgehead atoms. The average molecular weight is 279 g/mol. The fraction of sp³-hybridized carbons (Fsp3) is 0.455. The fourth-order valence-corrected chi connectivity index (χ4v) is 2.44. The van der Waals surface area contributed by atoms with Gasteiger partial charge >= 0.3 is 0 Å². The number of aliphatic hydroxyl groups excluding tert-OH is 1. The maximum atomic E-state index is 11.4. The summed E-state index contributed by atoms with van der Waals surface area (Å²) in [6.07, 6.45) is 0.267. The van der Waals surface area contributed by atoms with Gasteiger partial charge in [0.1, 0.15) is 12.4 Å². The summed E-state index contributed by atoms with van der Waals surface area (Å²) in [4.78, 5) is 0. The summed E-state index contributed by atoms with van der Waals surface area (Å²) in [5.41, 5.74) is 0. The quantitative estimate of drug-likeness (QED) is 0.821. The Hall–Kier alpha value is -0.780. The van der Waals surface area contributed by atoms with Crippen molar-refractivity contribution in [3.63, 3.8) is 0 Å². The Labute approximate surface area is 106 Å². The minimum absolute atomic E-state index is 0.00647. The minimum atomic E-state index is -3.13. The molecule has 0 spiro atoms. The molecule has 0 atom stereocenters. The van der Waals surface area contributed by atoms with Crippen LogP contribution in [0.1, 0.15) is 6.42 Å². The van der Waals surface area contributed by atoms with Gasteiger partial charge in [0.2, 0.25) is 0 Å². The van der Waals surface area contributed by atoms with Crippen LogP contribution in [0, 0.1) is 0 Å². The highest BCUT2D eigenvalue weighted by atomic mass is 35.5. The minimum Gasteiger partial charge on any atom is -0.493 e. The second-order valence-electron chi connectivity index (χ2n) is 3.53. The van der Waals surface area contributed by atoms with E-state index in [1.807, 2.05) is 0 Å². The van der Waals surface area contributed by atoms with Gasteiger partial charge in [0.15, 0.2) is 9.84 Å². The van der Waals surface area contributed by atoms with Crippen molar-refractivity contribution in [1.29, 1.82) is 0 Å². The van der Waals surface area contributed by atoms with Gasteiger partial charge in [-0.05, 0) is 30.7 Å². The molecule has 0 saturated carbocycles. The highest BCUT2D eigenvalue weighted by Gasteiger charge is 2.10. The molecule has 1 aromatic carbocycles. The molecule has 0 aromatic heterocycles. The normalized spacial score (nSPS) is 11.4. The second kappa shape index (κ2) is 6.83. The molecular weight excluding hydrogens is 264 g/mol. The van der Waals surface area contributed by atoms with Crippen molar-refractivity contribution in [2.24, 2.45) is 0 Å². The number of hydrogen-bond acceptors (Lipinski definition) is 4. The Kier molecular flexibility index (Phi) is 5.74. The SMILES string of the molecule is O=S(=O)(CCCO)CCOc1ccc(Cl)cc1. The molecule has 0 radical (unpaired) electrons. The zero-order valence-corrected chi connectivity index (χ0v) is 10.9. The molecule has 6 heteroatoms. The van der Waals surface area contributed by atoms with Crippen molar-refractivity contribution in [3.8, 4) is 5.75 Å². The highest BCUT2D eigenvalue weighted by molar-refractivity contribution is 7.91. The zero-order chi connectivity index (χ0) is 12.7. The van der Waals surface area contributed by atoms with E-state index in [9.17, 15) is 8.42 Å². The van der Waals surface area contributed by atoms with Crippen LogP contribution in [0.2, 0.25) is 5.02 Å². The van der Waals surface area contributed by atoms with Gasteiger partial charge in [0.05, 0.1) is 11.5 Å². The molecule has 1 rings (SSSR count). The second-order valence-corrected chi connectivity index (χ2v) is 6.27. The van der Waals surface area contributed by atoms with Crippen molar-refractivity contribution in [2.75, 3.05) is 24.7 Å². The van der Waals surface area contributed by atoms with Gasteiger partial charge in [0, 0.05) is 11.6 Å². The highest BCUT2D eigenvalue weighted by Crippen LogP contribution is 2.15. The lowest BCUT2D eigenvalue weighted by Crippen LogP contribution is -2.17. The van der Waals surface area contributed by atoms with E-state index >= 15 is 0 Å². The van der Waals surface area contributed by atoms with Gasteiger partial charge in [-0.1, -0.05) is 11.6 Å². The number of ether oxygens (including phenoxy) is 1. The summed E-state index contributed by atoms with van der Waals surface area (Å²) in [6.45, 7) is -0.00728. The van der Waals surface area contributed by atoms with E-state index < -0.39 is 9.84 Å². The molecule has 4 nitrogen and oxygen atoms in total. The van der Waals surface area contributed by atoms with Gasteiger partial charge in [-0.3, -0.25) is 0 Å². The molecule has 1 aromatic rings. The Morgan fingerprint density at radius 2 is 1.82 bits per heavy atom. The van der Waals surface area contributed by atoms with Crippen LogP contribution in [0.4, 0.5) is 0 Å². The first-order valence-electron chi connectivity index (χ1n) is 5.23. The molecule has 0 unspecified atom stereocenters. The van der Waals surface area contributed by atoms with Crippen LogP contribution in [-0.4, -0.2) is 38.2 Å². The number of rotatable bonds is 7. The molecule has 17 heavy (non-hydrogen) atoms. The lowest BCUT2D eigenvalue weighted by molar-refractivity contribution is 0.295. The van der Waals surface area contributed by atoms with E-state index in [0.29, 0.717) is 10.8 Å². The van der Waals surface area contributed by atoms with Gasteiger partial charge in [-0.15, -0.1) is 0 Å². The molecule has 0 aliphatic rings. The number of hydrogen-bond donors (Lipinski definition) is 1. The van der Waals surface area contributed by atoms with E-state index in [4.69, 9.17) is 21.4 Å². The van der Waals surface area contributed by atoms with E-state index in [0.717, 1.165) is 0 Å². The van der Waals surface area contributed by atoms with E-state index in [-0.39, 0.29) is 31.1 Å². The topological polar surface area (TPSA) is 63.6 Å². The van der Waals surface area contributed by atoms with Crippen LogP contribution < -0.4 is 4.74 Å². The Bertz CT molecular complexity index is 427. The average Bonchev–Trinajstić information content (AvgIpc) is 2.29. The maximum absolute atomic E-state index is 11.4. The van der Waals surface area contributed by atoms with Gasteiger partial charge in [0.25, 0.3) is 0 Å². The van der Waals surface area contributed by atoms with Gasteiger partial charge in [-0.2, -0.15) is 0 Å². The van der Waals surface area contributed by atoms with Gasteiger partial charge in [-0.25, -0.2) is 8.42 Å². The molecule has 0 aliphatic heterocycles. The first-order chi connectivity index (χ1) is 8.03. The van der Waals surface area contributed by atoms with Crippen molar-refractivity contribution < 1.29 is 18.3 Å². The number of sulfone groups is 1. The number of halogens is 1. The van der Waals surface area contributed by atoms with E-state index in [1.54, 1.807) is 24.3 Å². The zero-order valence-electron chi connectivity index (χ0n) is 9.30. The van der Waals surface area contributed by atoms with Crippen molar-refractivity contribution in [2.45, 2.75) is 6.42 Å². The van der Waals surface area contributed by atoms with Crippen LogP contribution in [-0.2, 0) is 9.84 Å². The molecule has 0 saturated heterocycles. The third kappa shape index (κ3) is 5.91. The predicted molar refractivity (Wildman–Crippen MR) is 67.3 cm³/mol. The molecule has 0 fully saturated rings. The van der Waals surface area contributed by atoms with Crippen LogP contribution in [0.3, 0.4) is 0 Å². The van der Waals surface area contributed by atoms with E-state index in [2.05, 4.69) is 0 Å². The first-order valence-corrected chi connectivity index (χ1v) is 7.43. The largest absolute Gasteiger partial charge is 0.493 e. The van der Waals surface area contributed by atoms with Gasteiger partial charge < -0.3 is 9.84 Å². The summed E-state index contributed by atoms with van der Waals surface area (Å²) >= 11 is 5.70. The monoisotopic (exact) mass is 278 g/mol. The third-order valence-electron chi connectivity index (χ3n) is 2.09. The molecule has 0 aliphatic carbocycles. The lowest BCUT2D eigenvalue weighted by atomic mass is 10.3. The Balaban J connectivity index is 2.34. The van der Waals surface area contributed by atoms with Crippen molar-refractivity contribution in [3.05, 3.63) is 29.3 Å². The summed E-state index contributed by atoms with van der Waals surface area (Å²) in [6, 6.07) is 6.72. The summed E-state index contributed by atoms with van der Waals surface area (Å²) in [5, 5.41) is 9.16. The molecule has 0 amide bonds. The molecule has 96 valence electrons. The van der Waals surface area contributed by atoms with Crippen LogP contribution in [0.15, 0.2) is 24.3 Å². The molecule has 1 N–H and O–H groups in total. The van der Waals surface area contributed by atoms with Crippen molar-refractivity contribution in [1.82, 2.24) is 0 Å². The smallest absolute Gasteiger partial charge is 0.153 e. The number of benzene rings is 1. The third-order valence-corrected chi connectivity index (χ3v) is 4.04. The first kappa shape index (κ1) is 14.3. The molecular formula is C11H15ClO4S. The van der Waals surface area contributed by atoms with Crippen LogP contribution in [0.5, 0.6) is 5.75 Å². The summed E-state index contributed by atoms with van der Waals surface area (Å²) in [5.74, 6) is 0.537. The lowest BCUT2D eigenvalue weighted by Gasteiger charge is -2.06. The Morgan fingerprint density at radius 3 is 2.41 bits per heavy atom. The van der Waals surface area contributed by atoms with E-state index in [1.165, 1.54) is 0 Å². The standard InChI is InChI=1S/C11H15ClO4S/c12-10-2-4-11(5-3-10)16-7-9-17(14,15)8-1-6-13/h2-5,13H,1,6-9H2. The maximum Gasteiger partial charge on any atom is 0.153 e. The van der Waals surface area contributed by atoms with Crippen LogP contribution >= 0.6 is 11.6 Å². The number of aliphatic hydroxyl groups is 1. The summed E-state index contributed by atoms with van der Waals surface area (Å²) in [7, 11) is -3.13.